The normalized spacial score (nSPS) is 19.9. The van der Waals surface area contributed by atoms with Crippen LogP contribution < -0.4 is 0 Å². The predicted molar refractivity (Wildman–Crippen MR) is 108 cm³/mol. The van der Waals surface area contributed by atoms with E-state index in [1.807, 2.05) is 55.7 Å². The lowest BCUT2D eigenvalue weighted by molar-refractivity contribution is -0.130. The molecule has 0 radical (unpaired) electrons. The Hall–Kier alpha value is -2.15. The number of hydrogen-bond donors (Lipinski definition) is 0. The standard InChI is InChI=1S/C20H27N3O3S/c1-5-18(24)22-9-6-10-23(12-11-22)20-16(4)19(27(25,26)21-20)17-8-7-14(2)15(3)13-17/h7-8,13H,5-6,9-12H2,1-4H3. The van der Waals surface area contributed by atoms with Gasteiger partial charge in [-0.25, -0.2) is 0 Å². The second-order valence-electron chi connectivity index (χ2n) is 7.22. The van der Waals surface area contributed by atoms with Crippen LogP contribution in [-0.4, -0.2) is 56.1 Å². The van der Waals surface area contributed by atoms with E-state index in [9.17, 15) is 13.2 Å². The second kappa shape index (κ2) is 7.46. The van der Waals surface area contributed by atoms with Crippen LogP contribution >= 0.6 is 0 Å². The van der Waals surface area contributed by atoms with Crippen molar-refractivity contribution in [1.82, 2.24) is 9.80 Å². The van der Waals surface area contributed by atoms with Gasteiger partial charge in [-0.05, 0) is 43.9 Å². The molecule has 1 amide bonds. The Morgan fingerprint density at radius 2 is 1.81 bits per heavy atom. The molecule has 2 aliphatic heterocycles. The number of carbonyl (C=O) groups is 1. The minimum Gasteiger partial charge on any atom is -0.354 e. The number of aryl methyl sites for hydroxylation is 2. The minimum atomic E-state index is -3.72. The van der Waals surface area contributed by atoms with Crippen LogP contribution in [0.25, 0.3) is 4.91 Å². The van der Waals surface area contributed by atoms with Gasteiger partial charge in [-0.2, -0.15) is 8.42 Å². The summed E-state index contributed by atoms with van der Waals surface area (Å²) in [6, 6.07) is 5.70. The van der Waals surface area contributed by atoms with Gasteiger partial charge in [0.25, 0.3) is 10.0 Å². The number of amides is 1. The molecule has 146 valence electrons. The molecular formula is C20H27N3O3S. The second-order valence-corrected chi connectivity index (χ2v) is 8.76. The van der Waals surface area contributed by atoms with Crippen LogP contribution in [0.3, 0.4) is 0 Å². The lowest BCUT2D eigenvalue weighted by Gasteiger charge is -2.23. The third-order valence-electron chi connectivity index (χ3n) is 5.36. The zero-order valence-corrected chi connectivity index (χ0v) is 17.3. The van der Waals surface area contributed by atoms with E-state index >= 15 is 0 Å². The fraction of sp³-hybridized carbons (Fsp3) is 0.500. The van der Waals surface area contributed by atoms with Gasteiger partial charge in [0.2, 0.25) is 5.91 Å². The SMILES string of the molecule is CCC(=O)N1CCCN(C2=NS(=O)(=O)C(c3ccc(C)c(C)c3)=C2C)CC1. The molecule has 2 aliphatic rings. The fourth-order valence-electron chi connectivity index (χ4n) is 3.67. The Morgan fingerprint density at radius 3 is 2.48 bits per heavy atom. The third-order valence-corrected chi connectivity index (χ3v) is 6.83. The van der Waals surface area contributed by atoms with Crippen LogP contribution in [0.15, 0.2) is 28.2 Å². The number of benzene rings is 1. The van der Waals surface area contributed by atoms with E-state index in [-0.39, 0.29) is 5.91 Å². The zero-order valence-electron chi connectivity index (χ0n) is 16.4. The van der Waals surface area contributed by atoms with Crippen molar-refractivity contribution in [3.05, 3.63) is 40.5 Å². The molecule has 0 spiro atoms. The summed E-state index contributed by atoms with van der Waals surface area (Å²) in [5, 5.41) is 0. The average molecular weight is 390 g/mol. The van der Waals surface area contributed by atoms with E-state index in [1.165, 1.54) is 0 Å². The number of amidine groups is 1. The lowest BCUT2D eigenvalue weighted by atomic mass is 10.0. The van der Waals surface area contributed by atoms with E-state index in [2.05, 4.69) is 4.40 Å². The quantitative estimate of drug-likeness (QED) is 0.780. The summed E-state index contributed by atoms with van der Waals surface area (Å²) >= 11 is 0. The van der Waals surface area contributed by atoms with Gasteiger partial charge in [0, 0.05) is 38.2 Å². The molecule has 1 aromatic carbocycles. The molecule has 6 nitrogen and oxygen atoms in total. The van der Waals surface area contributed by atoms with Crippen LogP contribution in [0, 0.1) is 13.8 Å². The van der Waals surface area contributed by atoms with Crippen molar-refractivity contribution >= 4 is 26.7 Å². The van der Waals surface area contributed by atoms with Gasteiger partial charge in [-0.15, -0.1) is 4.40 Å². The highest BCUT2D eigenvalue weighted by Gasteiger charge is 2.34. The third kappa shape index (κ3) is 3.78. The Bertz CT molecular complexity index is 932. The molecule has 3 rings (SSSR count). The molecule has 27 heavy (non-hydrogen) atoms. The summed E-state index contributed by atoms with van der Waals surface area (Å²) in [4.78, 5) is 16.1. The maximum Gasteiger partial charge on any atom is 0.285 e. The summed E-state index contributed by atoms with van der Waals surface area (Å²) in [5.74, 6) is 0.662. The summed E-state index contributed by atoms with van der Waals surface area (Å²) in [6.07, 6.45) is 1.29. The van der Waals surface area contributed by atoms with Crippen LogP contribution in [0.4, 0.5) is 0 Å². The highest BCUT2D eigenvalue weighted by molar-refractivity contribution is 8.00. The van der Waals surface area contributed by atoms with Gasteiger partial charge in [0.05, 0.1) is 0 Å². The molecule has 0 saturated carbocycles. The first kappa shape index (κ1) is 19.6. The molecular weight excluding hydrogens is 362 g/mol. The molecule has 0 bridgehead atoms. The number of hydrogen-bond acceptors (Lipinski definition) is 4. The molecule has 7 heteroatoms. The van der Waals surface area contributed by atoms with Crippen molar-refractivity contribution in [3.8, 4) is 0 Å². The topological polar surface area (TPSA) is 70.1 Å². The molecule has 0 unspecified atom stereocenters. The predicted octanol–water partition coefficient (Wildman–Crippen LogP) is 2.72. The van der Waals surface area contributed by atoms with Gasteiger partial charge in [-0.1, -0.05) is 25.1 Å². The van der Waals surface area contributed by atoms with E-state index in [0.29, 0.717) is 54.5 Å². The first-order valence-electron chi connectivity index (χ1n) is 9.41. The monoisotopic (exact) mass is 389 g/mol. The summed E-state index contributed by atoms with van der Waals surface area (Å²) in [5.41, 5.74) is 3.56. The Labute approximate surface area is 161 Å². The first-order valence-corrected chi connectivity index (χ1v) is 10.8. The van der Waals surface area contributed by atoms with Gasteiger partial charge in [0.1, 0.15) is 10.7 Å². The van der Waals surface area contributed by atoms with Crippen molar-refractivity contribution in [1.29, 1.82) is 0 Å². The molecule has 1 fully saturated rings. The molecule has 1 saturated heterocycles. The minimum absolute atomic E-state index is 0.140. The highest BCUT2D eigenvalue weighted by Crippen LogP contribution is 2.34. The molecule has 0 N–H and O–H groups in total. The van der Waals surface area contributed by atoms with Gasteiger partial charge < -0.3 is 9.80 Å². The van der Waals surface area contributed by atoms with Crippen LogP contribution in [0.1, 0.15) is 43.4 Å². The van der Waals surface area contributed by atoms with Gasteiger partial charge >= 0.3 is 0 Å². The van der Waals surface area contributed by atoms with E-state index in [4.69, 9.17) is 0 Å². The zero-order chi connectivity index (χ0) is 19.8. The van der Waals surface area contributed by atoms with E-state index in [0.717, 1.165) is 17.5 Å². The molecule has 2 heterocycles. The molecule has 1 aromatic rings. The number of nitrogens with zero attached hydrogens (tertiary/aromatic N) is 3. The largest absolute Gasteiger partial charge is 0.354 e. The van der Waals surface area contributed by atoms with E-state index in [1.54, 1.807) is 0 Å². The Balaban J connectivity index is 1.91. The summed E-state index contributed by atoms with van der Waals surface area (Å²) in [6.45, 7) is 10.3. The number of carbonyl (C=O) groups excluding carboxylic acids is 1. The van der Waals surface area contributed by atoms with Crippen molar-refractivity contribution in [3.63, 3.8) is 0 Å². The lowest BCUT2D eigenvalue weighted by Crippen LogP contribution is -2.37. The van der Waals surface area contributed by atoms with Gasteiger partial charge in [0.15, 0.2) is 0 Å². The van der Waals surface area contributed by atoms with Crippen LogP contribution in [-0.2, 0) is 14.8 Å². The van der Waals surface area contributed by atoms with Crippen molar-refractivity contribution in [2.45, 2.75) is 40.5 Å². The van der Waals surface area contributed by atoms with Crippen LogP contribution in [0.5, 0.6) is 0 Å². The average Bonchev–Trinajstić information content (AvgIpc) is 2.79. The van der Waals surface area contributed by atoms with Crippen molar-refractivity contribution in [2.24, 2.45) is 4.40 Å². The number of rotatable bonds is 2. The van der Waals surface area contributed by atoms with Crippen LogP contribution in [0.2, 0.25) is 0 Å². The Kier molecular flexibility index (Phi) is 5.42. The molecule has 0 aromatic heterocycles. The maximum absolute atomic E-state index is 12.8. The summed E-state index contributed by atoms with van der Waals surface area (Å²) in [7, 11) is -3.72. The number of sulfonamides is 1. The highest BCUT2D eigenvalue weighted by atomic mass is 32.2. The van der Waals surface area contributed by atoms with Crippen molar-refractivity contribution in [2.75, 3.05) is 26.2 Å². The molecule has 0 aliphatic carbocycles. The van der Waals surface area contributed by atoms with Gasteiger partial charge in [-0.3, -0.25) is 4.79 Å². The maximum atomic E-state index is 12.8. The summed E-state index contributed by atoms with van der Waals surface area (Å²) < 4.78 is 29.7. The van der Waals surface area contributed by atoms with Crippen molar-refractivity contribution < 1.29 is 13.2 Å². The molecule has 0 atom stereocenters. The first-order chi connectivity index (χ1) is 12.7. The fourth-order valence-corrected chi connectivity index (χ4v) is 5.14. The Morgan fingerprint density at radius 1 is 1.07 bits per heavy atom. The van der Waals surface area contributed by atoms with E-state index < -0.39 is 10.0 Å². The smallest absolute Gasteiger partial charge is 0.285 e.